The lowest BCUT2D eigenvalue weighted by Gasteiger charge is -2.37. The third kappa shape index (κ3) is 3.18. The number of anilines is 2. The van der Waals surface area contributed by atoms with Gasteiger partial charge in [0.15, 0.2) is 5.78 Å². The number of carbonyl (C=O) groups is 2. The molecule has 2 aromatic carbocycles. The van der Waals surface area contributed by atoms with Gasteiger partial charge in [-0.25, -0.2) is 0 Å². The molecule has 0 radical (unpaired) electrons. The minimum Gasteiger partial charge on any atom is -0.497 e. The second-order valence-electron chi connectivity index (χ2n) is 9.25. The van der Waals surface area contributed by atoms with Crippen molar-refractivity contribution in [1.29, 1.82) is 0 Å². The van der Waals surface area contributed by atoms with E-state index in [1.165, 1.54) is 24.3 Å². The van der Waals surface area contributed by atoms with Gasteiger partial charge in [0.2, 0.25) is 5.91 Å². The fourth-order valence-electron chi connectivity index (χ4n) is 5.16. The molecule has 0 saturated heterocycles. The van der Waals surface area contributed by atoms with Crippen molar-refractivity contribution in [2.24, 2.45) is 21.3 Å². The van der Waals surface area contributed by atoms with E-state index in [-0.39, 0.29) is 17.4 Å². The van der Waals surface area contributed by atoms with Crippen LogP contribution in [0.2, 0.25) is 0 Å². The molecule has 2 fully saturated rings. The van der Waals surface area contributed by atoms with E-state index in [1.54, 1.807) is 31.4 Å². The number of nitrogens with one attached hydrogen (secondary N) is 2. The van der Waals surface area contributed by atoms with Crippen LogP contribution in [0.15, 0.2) is 53.6 Å². The summed E-state index contributed by atoms with van der Waals surface area (Å²) in [6.45, 7) is 5.86. The van der Waals surface area contributed by atoms with Crippen molar-refractivity contribution in [3.8, 4) is 5.75 Å². The van der Waals surface area contributed by atoms with E-state index in [4.69, 9.17) is 4.74 Å². The van der Waals surface area contributed by atoms with E-state index < -0.39 is 21.2 Å². The predicted molar refractivity (Wildman–Crippen MR) is 124 cm³/mol. The van der Waals surface area contributed by atoms with Crippen LogP contribution in [0.3, 0.4) is 0 Å². The number of benzene rings is 2. The average Bonchev–Trinajstić information content (AvgIpc) is 3.07. The van der Waals surface area contributed by atoms with Gasteiger partial charge >= 0.3 is 0 Å². The molecule has 2 atom stereocenters. The Bertz CT molecular complexity index is 1160. The summed E-state index contributed by atoms with van der Waals surface area (Å²) in [4.78, 5) is 37.6. The van der Waals surface area contributed by atoms with E-state index >= 15 is 0 Å². The molecule has 172 valence electrons. The Morgan fingerprint density at radius 3 is 2.21 bits per heavy atom. The number of hydrogen-bond acceptors (Lipinski definition) is 7. The Kier molecular flexibility index (Phi) is 5.23. The van der Waals surface area contributed by atoms with Gasteiger partial charge in [-0.2, -0.15) is 5.10 Å². The number of methoxy groups -OCH3 is 1. The fourth-order valence-corrected chi connectivity index (χ4v) is 5.16. The van der Waals surface area contributed by atoms with Crippen molar-refractivity contribution in [2.75, 3.05) is 17.9 Å². The highest BCUT2D eigenvalue weighted by Crippen LogP contribution is 2.69. The molecule has 9 heteroatoms. The van der Waals surface area contributed by atoms with Gasteiger partial charge in [0.05, 0.1) is 17.7 Å². The highest BCUT2D eigenvalue weighted by atomic mass is 16.6. The number of nitro benzene ring substituents is 1. The van der Waals surface area contributed by atoms with E-state index in [0.29, 0.717) is 35.7 Å². The second kappa shape index (κ2) is 7.68. The van der Waals surface area contributed by atoms with Crippen LogP contribution in [0.5, 0.6) is 5.75 Å². The number of non-ortho nitro benzene ring substituents is 1. The predicted octanol–water partition coefficient (Wildman–Crippen LogP) is 4.41. The van der Waals surface area contributed by atoms with Gasteiger partial charge in [0.1, 0.15) is 16.9 Å². The zero-order valence-corrected chi connectivity index (χ0v) is 19.0. The van der Waals surface area contributed by atoms with Crippen molar-refractivity contribution in [3.63, 3.8) is 0 Å². The Morgan fingerprint density at radius 2 is 1.64 bits per heavy atom. The van der Waals surface area contributed by atoms with E-state index in [2.05, 4.69) is 15.8 Å². The molecular formula is C24H26N4O5. The molecule has 2 unspecified atom stereocenters. The van der Waals surface area contributed by atoms with Gasteiger partial charge < -0.3 is 10.1 Å². The molecule has 2 aromatic rings. The van der Waals surface area contributed by atoms with Crippen LogP contribution in [0.25, 0.3) is 0 Å². The molecule has 0 heterocycles. The summed E-state index contributed by atoms with van der Waals surface area (Å²) in [5, 5.41) is 18.2. The quantitative estimate of drug-likeness (QED) is 0.382. The van der Waals surface area contributed by atoms with E-state index in [0.717, 1.165) is 0 Å². The normalized spacial score (nSPS) is 26.3. The molecular weight excluding hydrogens is 424 g/mol. The van der Waals surface area contributed by atoms with Crippen molar-refractivity contribution in [2.45, 2.75) is 33.6 Å². The topological polar surface area (TPSA) is 123 Å². The average molecular weight is 450 g/mol. The first-order valence-electron chi connectivity index (χ1n) is 10.7. The summed E-state index contributed by atoms with van der Waals surface area (Å²) in [5.74, 6) is 0.0391. The third-order valence-electron chi connectivity index (χ3n) is 7.68. The highest BCUT2D eigenvalue weighted by molar-refractivity contribution is 6.51. The first-order chi connectivity index (χ1) is 15.6. The van der Waals surface area contributed by atoms with E-state index in [9.17, 15) is 19.7 Å². The lowest BCUT2D eigenvalue weighted by atomic mass is 9.64. The Labute approximate surface area is 191 Å². The number of amides is 1. The zero-order valence-electron chi connectivity index (χ0n) is 19.0. The second-order valence-corrected chi connectivity index (χ2v) is 9.25. The number of hydrazone groups is 1. The molecule has 9 nitrogen and oxygen atoms in total. The van der Waals surface area contributed by atoms with Crippen molar-refractivity contribution < 1.29 is 19.2 Å². The molecule has 0 aliphatic heterocycles. The summed E-state index contributed by atoms with van der Waals surface area (Å²) in [5.41, 5.74) is 1.73. The van der Waals surface area contributed by atoms with Gasteiger partial charge in [-0.3, -0.25) is 25.1 Å². The maximum Gasteiger partial charge on any atom is 0.269 e. The number of carbonyl (C=O) groups excluding carboxylic acids is 2. The fraction of sp³-hybridized carbons (Fsp3) is 0.375. The van der Waals surface area contributed by atoms with Gasteiger partial charge in [0, 0.05) is 23.2 Å². The van der Waals surface area contributed by atoms with Crippen LogP contribution in [-0.4, -0.2) is 29.4 Å². The third-order valence-corrected chi connectivity index (χ3v) is 7.68. The molecule has 1 amide bonds. The molecule has 4 rings (SSSR count). The molecule has 0 aromatic heterocycles. The Hall–Kier alpha value is -3.75. The number of ether oxygens (including phenoxy) is 1. The molecule has 2 aliphatic carbocycles. The van der Waals surface area contributed by atoms with Crippen LogP contribution in [0, 0.1) is 26.4 Å². The lowest BCUT2D eigenvalue weighted by Crippen LogP contribution is -2.47. The molecule has 2 aliphatic rings. The summed E-state index contributed by atoms with van der Waals surface area (Å²) < 4.78 is 5.16. The maximum absolute atomic E-state index is 13.7. The molecule has 2 saturated carbocycles. The van der Waals surface area contributed by atoms with Crippen LogP contribution in [0.1, 0.15) is 33.6 Å². The minimum atomic E-state index is -1.24. The highest BCUT2D eigenvalue weighted by Gasteiger charge is 2.76. The SMILES string of the molecule is COc1ccc(NC(=O)C23CCC(C)(C(=NNc4ccc([N+](=O)[O-])cc4)C2=O)C3(C)C)cc1. The molecule has 2 bridgehead atoms. The molecule has 2 N–H and O–H groups in total. The van der Waals surface area contributed by atoms with Crippen molar-refractivity contribution in [3.05, 3.63) is 58.6 Å². The molecule has 33 heavy (non-hydrogen) atoms. The van der Waals surface area contributed by atoms with Crippen LogP contribution < -0.4 is 15.5 Å². The lowest BCUT2D eigenvalue weighted by molar-refractivity contribution is -0.384. The number of rotatable bonds is 6. The maximum atomic E-state index is 13.7. The molecule has 0 spiro atoms. The standard InChI is InChI=1S/C24H26N4O5/c1-22(2)23(3)13-14-24(22,21(30)25-15-7-11-18(33-4)12-8-15)20(29)19(23)27-26-16-5-9-17(10-6-16)28(31)32/h5-12,26H,13-14H2,1-4H3,(H,25,30). The van der Waals surface area contributed by atoms with Gasteiger partial charge in [0.25, 0.3) is 5.69 Å². The van der Waals surface area contributed by atoms with Gasteiger partial charge in [-0.1, -0.05) is 20.8 Å². The first kappa shape index (κ1) is 22.4. The van der Waals surface area contributed by atoms with Crippen molar-refractivity contribution >= 4 is 34.5 Å². The smallest absolute Gasteiger partial charge is 0.269 e. The van der Waals surface area contributed by atoms with Gasteiger partial charge in [-0.05, 0) is 54.7 Å². The van der Waals surface area contributed by atoms with Crippen LogP contribution in [0.4, 0.5) is 17.1 Å². The van der Waals surface area contributed by atoms with Gasteiger partial charge in [-0.15, -0.1) is 0 Å². The summed E-state index contributed by atoms with van der Waals surface area (Å²) in [6, 6.07) is 12.7. The Morgan fingerprint density at radius 1 is 1.03 bits per heavy atom. The first-order valence-corrected chi connectivity index (χ1v) is 10.7. The zero-order chi connectivity index (χ0) is 24.0. The monoisotopic (exact) mass is 450 g/mol. The van der Waals surface area contributed by atoms with Crippen molar-refractivity contribution in [1.82, 2.24) is 0 Å². The summed E-state index contributed by atoms with van der Waals surface area (Å²) >= 11 is 0. The number of ketones is 1. The largest absolute Gasteiger partial charge is 0.497 e. The summed E-state index contributed by atoms with van der Waals surface area (Å²) in [7, 11) is 1.57. The number of fused-ring (bicyclic) bond motifs is 2. The number of hydrogen-bond donors (Lipinski definition) is 2. The van der Waals surface area contributed by atoms with Crippen LogP contribution in [-0.2, 0) is 9.59 Å². The minimum absolute atomic E-state index is 0.0357. The number of nitro groups is 1. The van der Waals surface area contributed by atoms with E-state index in [1.807, 2.05) is 20.8 Å². The number of Topliss-reactive ketones (excluding diaryl/α,β-unsaturated/α-hetero) is 1. The Balaban J connectivity index is 1.63. The number of nitrogens with zero attached hydrogens (tertiary/aromatic N) is 2. The summed E-state index contributed by atoms with van der Waals surface area (Å²) in [6.07, 6.45) is 1.08. The van der Waals surface area contributed by atoms with Crippen LogP contribution >= 0.6 is 0 Å².